The number of fused-ring (bicyclic) bond motifs is 2. The molecule has 0 N–H and O–H groups in total. The first-order valence-electron chi connectivity index (χ1n) is 9.36. The number of aromatic nitrogens is 3. The number of methoxy groups -OCH3 is 1. The van der Waals surface area contributed by atoms with E-state index in [-0.39, 0.29) is 24.4 Å². The average Bonchev–Trinajstić information content (AvgIpc) is 3.18. The van der Waals surface area contributed by atoms with E-state index >= 15 is 0 Å². The predicted molar refractivity (Wildman–Crippen MR) is 122 cm³/mol. The molecule has 0 unspecified atom stereocenters. The van der Waals surface area contributed by atoms with Crippen molar-refractivity contribution < 1.29 is 9.53 Å². The Hall–Kier alpha value is -2.62. The molecule has 0 fully saturated rings. The van der Waals surface area contributed by atoms with Crippen LogP contribution in [0.15, 0.2) is 58.1 Å². The van der Waals surface area contributed by atoms with Crippen LogP contribution in [-0.4, -0.2) is 40.7 Å². The average molecular weight is 487 g/mol. The second kappa shape index (κ2) is 9.03. The van der Waals surface area contributed by atoms with Gasteiger partial charge in [-0.1, -0.05) is 39.4 Å². The molecule has 4 aromatic rings. The van der Waals surface area contributed by atoms with E-state index in [0.717, 1.165) is 14.7 Å². The van der Waals surface area contributed by atoms with E-state index in [1.807, 2.05) is 30.3 Å². The van der Waals surface area contributed by atoms with Crippen molar-refractivity contribution in [2.45, 2.75) is 13.0 Å². The number of hydrogen-bond donors (Lipinski definition) is 0. The smallest absolute Gasteiger partial charge is 0.261 e. The lowest BCUT2D eigenvalue weighted by molar-refractivity contribution is -0.119. The van der Waals surface area contributed by atoms with Gasteiger partial charge in [-0.2, -0.15) is 0 Å². The molecule has 0 spiro atoms. The van der Waals surface area contributed by atoms with Crippen molar-refractivity contribution >= 4 is 59.4 Å². The topological polar surface area (TPSA) is 77.3 Å². The highest BCUT2D eigenvalue weighted by Gasteiger charge is 2.20. The summed E-state index contributed by atoms with van der Waals surface area (Å²) in [5.74, 6) is -0.118. The van der Waals surface area contributed by atoms with Crippen molar-refractivity contribution in [3.05, 3.63) is 63.6 Å². The number of ether oxygens (including phenoxy) is 1. The summed E-state index contributed by atoms with van der Waals surface area (Å²) in [6, 6.07) is 13.1. The molecule has 0 atom stereocenters. The third-order valence-corrected chi connectivity index (χ3v) is 6.24. The van der Waals surface area contributed by atoms with Crippen molar-refractivity contribution in [2.75, 3.05) is 25.2 Å². The zero-order chi connectivity index (χ0) is 21.1. The van der Waals surface area contributed by atoms with Gasteiger partial charge in [0.1, 0.15) is 0 Å². The van der Waals surface area contributed by atoms with Gasteiger partial charge < -0.3 is 4.74 Å². The molecule has 2 heterocycles. The van der Waals surface area contributed by atoms with Gasteiger partial charge in [0.25, 0.3) is 5.56 Å². The minimum absolute atomic E-state index is 0.118. The molecule has 0 saturated carbocycles. The van der Waals surface area contributed by atoms with E-state index in [1.54, 1.807) is 24.1 Å². The van der Waals surface area contributed by atoms with Crippen molar-refractivity contribution in [3.8, 4) is 0 Å². The number of para-hydroxylation sites is 1. The van der Waals surface area contributed by atoms with Gasteiger partial charge in [-0.25, -0.2) is 9.97 Å². The minimum atomic E-state index is -0.169. The number of rotatable bonds is 7. The molecule has 30 heavy (non-hydrogen) atoms. The van der Waals surface area contributed by atoms with Gasteiger partial charge in [0.2, 0.25) is 5.91 Å². The number of hydrogen-bond acceptors (Lipinski definition) is 6. The van der Waals surface area contributed by atoms with Crippen LogP contribution in [0.1, 0.15) is 6.42 Å². The molecule has 0 aliphatic rings. The molecular weight excluding hydrogens is 468 g/mol. The predicted octanol–water partition coefficient (Wildman–Crippen LogP) is 3.84. The molecule has 2 aromatic heterocycles. The van der Waals surface area contributed by atoms with E-state index in [1.165, 1.54) is 22.2 Å². The molecule has 0 bridgehead atoms. The van der Waals surface area contributed by atoms with Gasteiger partial charge in [-0.15, -0.1) is 0 Å². The first kappa shape index (κ1) is 20.6. The van der Waals surface area contributed by atoms with Gasteiger partial charge in [0.15, 0.2) is 5.13 Å². The molecule has 9 heteroatoms. The monoisotopic (exact) mass is 486 g/mol. The number of carbonyl (C=O) groups excluding carboxylic acids is 1. The quantitative estimate of drug-likeness (QED) is 0.396. The molecule has 0 radical (unpaired) electrons. The summed E-state index contributed by atoms with van der Waals surface area (Å²) in [6.45, 7) is 1.03. The number of nitrogens with zero attached hydrogens (tertiary/aromatic N) is 4. The number of anilines is 1. The molecule has 0 saturated heterocycles. The van der Waals surface area contributed by atoms with Gasteiger partial charge >= 0.3 is 0 Å². The first-order valence-corrected chi connectivity index (χ1v) is 11.0. The second-order valence-corrected chi connectivity index (χ2v) is 8.58. The zero-order valence-corrected chi connectivity index (χ0v) is 18.6. The highest BCUT2D eigenvalue weighted by atomic mass is 79.9. The van der Waals surface area contributed by atoms with Crippen LogP contribution in [0.25, 0.3) is 21.1 Å². The molecule has 1 amide bonds. The summed E-state index contributed by atoms with van der Waals surface area (Å²) in [6.07, 6.45) is 1.64. The molecular formula is C21H19BrN4O3S. The number of halogens is 1. The fraction of sp³-hybridized carbons (Fsp3) is 0.238. The largest absolute Gasteiger partial charge is 0.383 e. The van der Waals surface area contributed by atoms with Gasteiger partial charge in [-0.05, 0) is 30.3 Å². The SMILES string of the molecule is COCCN(C(=O)CCn1cnc2ccc(Br)cc2c1=O)c1nc2ccccc2s1. The Balaban J connectivity index is 1.56. The fourth-order valence-electron chi connectivity index (χ4n) is 3.13. The first-order chi connectivity index (χ1) is 14.6. The van der Waals surface area contributed by atoms with Crippen LogP contribution >= 0.6 is 27.3 Å². The highest BCUT2D eigenvalue weighted by Crippen LogP contribution is 2.29. The molecule has 4 rings (SSSR count). The fourth-order valence-corrected chi connectivity index (χ4v) is 4.50. The van der Waals surface area contributed by atoms with E-state index in [9.17, 15) is 9.59 Å². The standard InChI is InChI=1S/C21H19BrN4O3S/c1-29-11-10-26(21-24-17-4-2-3-5-18(17)30-21)19(27)8-9-25-13-23-16-7-6-14(22)12-15(16)20(25)28/h2-7,12-13H,8-11H2,1H3. The summed E-state index contributed by atoms with van der Waals surface area (Å²) in [4.78, 5) is 36.3. The maximum Gasteiger partial charge on any atom is 0.261 e. The van der Waals surface area contributed by atoms with Gasteiger partial charge in [0.05, 0.1) is 40.6 Å². The Morgan fingerprint density at radius 3 is 2.87 bits per heavy atom. The number of aryl methyl sites for hydroxylation is 1. The summed E-state index contributed by atoms with van der Waals surface area (Å²) in [5, 5.41) is 1.15. The second-order valence-electron chi connectivity index (χ2n) is 6.66. The Labute approximate surface area is 185 Å². The van der Waals surface area contributed by atoms with Crippen LogP contribution in [0.5, 0.6) is 0 Å². The van der Waals surface area contributed by atoms with Gasteiger partial charge in [-0.3, -0.25) is 19.1 Å². The Morgan fingerprint density at radius 1 is 1.23 bits per heavy atom. The zero-order valence-electron chi connectivity index (χ0n) is 16.2. The molecule has 0 aliphatic carbocycles. The van der Waals surface area contributed by atoms with Crippen LogP contribution in [0, 0.1) is 0 Å². The van der Waals surface area contributed by atoms with E-state index in [2.05, 4.69) is 25.9 Å². The summed E-state index contributed by atoms with van der Waals surface area (Å²) in [5.41, 5.74) is 1.31. The number of carbonyl (C=O) groups is 1. The normalized spacial score (nSPS) is 11.3. The van der Waals surface area contributed by atoms with E-state index in [0.29, 0.717) is 29.2 Å². The lowest BCUT2D eigenvalue weighted by atomic mass is 10.2. The number of amides is 1. The van der Waals surface area contributed by atoms with Crippen LogP contribution < -0.4 is 10.5 Å². The van der Waals surface area contributed by atoms with E-state index < -0.39 is 0 Å². The van der Waals surface area contributed by atoms with Crippen LogP contribution in [0.4, 0.5) is 5.13 Å². The van der Waals surface area contributed by atoms with Crippen molar-refractivity contribution in [2.24, 2.45) is 0 Å². The maximum absolute atomic E-state index is 13.0. The van der Waals surface area contributed by atoms with Crippen LogP contribution in [0.3, 0.4) is 0 Å². The van der Waals surface area contributed by atoms with Crippen molar-refractivity contribution in [1.29, 1.82) is 0 Å². The Bertz CT molecular complexity index is 1240. The number of benzene rings is 2. The lowest BCUT2D eigenvalue weighted by Crippen LogP contribution is -2.35. The highest BCUT2D eigenvalue weighted by molar-refractivity contribution is 9.10. The maximum atomic E-state index is 13.0. The van der Waals surface area contributed by atoms with Crippen LogP contribution in [-0.2, 0) is 16.1 Å². The van der Waals surface area contributed by atoms with Gasteiger partial charge in [0, 0.05) is 24.5 Å². The minimum Gasteiger partial charge on any atom is -0.383 e. The van der Waals surface area contributed by atoms with Crippen molar-refractivity contribution in [3.63, 3.8) is 0 Å². The third-order valence-electron chi connectivity index (χ3n) is 4.69. The van der Waals surface area contributed by atoms with Crippen LogP contribution in [0.2, 0.25) is 0 Å². The molecule has 7 nitrogen and oxygen atoms in total. The Kier molecular flexibility index (Phi) is 6.21. The summed E-state index contributed by atoms with van der Waals surface area (Å²) < 4.78 is 8.47. The summed E-state index contributed by atoms with van der Waals surface area (Å²) >= 11 is 4.85. The molecule has 0 aliphatic heterocycles. The van der Waals surface area contributed by atoms with Crippen molar-refractivity contribution in [1.82, 2.24) is 14.5 Å². The summed E-state index contributed by atoms with van der Waals surface area (Å²) in [7, 11) is 1.60. The third kappa shape index (κ3) is 4.28. The van der Waals surface area contributed by atoms with E-state index in [4.69, 9.17) is 4.74 Å². The Morgan fingerprint density at radius 2 is 2.07 bits per heavy atom. The lowest BCUT2D eigenvalue weighted by Gasteiger charge is -2.19. The molecule has 2 aromatic carbocycles. The number of thiazole rings is 1. The molecule has 154 valence electrons.